The number of benzene rings is 1. The van der Waals surface area contributed by atoms with Crippen molar-refractivity contribution in [1.82, 2.24) is 0 Å². The van der Waals surface area contributed by atoms with E-state index in [9.17, 15) is 14.8 Å². The van der Waals surface area contributed by atoms with Crippen LogP contribution in [0, 0.1) is 5.21 Å². The van der Waals surface area contributed by atoms with Gasteiger partial charge in [0.1, 0.15) is 6.29 Å². The second-order valence-electron chi connectivity index (χ2n) is 3.13. The molecule has 1 aliphatic heterocycles. The van der Waals surface area contributed by atoms with Gasteiger partial charge in [-0.3, -0.25) is 4.79 Å². The Balaban J connectivity index is 2.42. The SMILES string of the molecule is O=CCC1C(=O)c2ccccc2N1[O-]. The van der Waals surface area contributed by atoms with Crippen molar-refractivity contribution in [3.8, 4) is 0 Å². The number of carbonyl (C=O) groups excluding carboxylic acids is 2. The summed E-state index contributed by atoms with van der Waals surface area (Å²) >= 11 is 0. The topological polar surface area (TPSA) is 60.4 Å². The largest absolute Gasteiger partial charge is 0.758 e. The summed E-state index contributed by atoms with van der Waals surface area (Å²) in [5.74, 6) is -0.261. The van der Waals surface area contributed by atoms with Gasteiger partial charge in [0.15, 0.2) is 5.78 Å². The van der Waals surface area contributed by atoms with Crippen LogP contribution in [-0.2, 0) is 4.79 Å². The van der Waals surface area contributed by atoms with Gasteiger partial charge in [0, 0.05) is 17.7 Å². The van der Waals surface area contributed by atoms with E-state index in [1.54, 1.807) is 24.3 Å². The van der Waals surface area contributed by atoms with Crippen molar-refractivity contribution < 1.29 is 9.59 Å². The first-order valence-corrected chi connectivity index (χ1v) is 4.29. The Morgan fingerprint density at radius 1 is 1.43 bits per heavy atom. The smallest absolute Gasteiger partial charge is 0.186 e. The van der Waals surface area contributed by atoms with Crippen LogP contribution in [0.25, 0.3) is 0 Å². The van der Waals surface area contributed by atoms with Crippen molar-refractivity contribution in [3.63, 3.8) is 0 Å². The van der Waals surface area contributed by atoms with Gasteiger partial charge in [0.05, 0.1) is 6.04 Å². The molecule has 1 aromatic carbocycles. The zero-order valence-corrected chi connectivity index (χ0v) is 7.34. The van der Waals surface area contributed by atoms with Crippen molar-refractivity contribution in [2.75, 3.05) is 5.06 Å². The molecule has 0 fully saturated rings. The van der Waals surface area contributed by atoms with Gasteiger partial charge in [-0.05, 0) is 12.1 Å². The molecule has 1 aromatic rings. The standard InChI is InChI=1S/C10H8NO3/c12-6-5-9-10(13)7-3-1-2-4-8(7)11(9)14/h1-4,6,9H,5H2/q-1. The van der Waals surface area contributed by atoms with E-state index < -0.39 is 6.04 Å². The first-order valence-electron chi connectivity index (χ1n) is 4.29. The highest BCUT2D eigenvalue weighted by Crippen LogP contribution is 2.31. The third-order valence-electron chi connectivity index (χ3n) is 2.31. The molecule has 1 atom stereocenters. The highest BCUT2D eigenvalue weighted by molar-refractivity contribution is 6.11. The van der Waals surface area contributed by atoms with Gasteiger partial charge in [0.25, 0.3) is 0 Å². The number of hydroxylamine groups is 1. The fourth-order valence-electron chi connectivity index (χ4n) is 1.62. The van der Waals surface area contributed by atoms with Gasteiger partial charge in [-0.25, -0.2) is 0 Å². The van der Waals surface area contributed by atoms with Crippen LogP contribution in [-0.4, -0.2) is 18.1 Å². The van der Waals surface area contributed by atoms with Gasteiger partial charge >= 0.3 is 0 Å². The number of fused-ring (bicyclic) bond motifs is 1. The maximum Gasteiger partial charge on any atom is 0.186 e. The van der Waals surface area contributed by atoms with Crippen molar-refractivity contribution in [2.45, 2.75) is 12.5 Å². The van der Waals surface area contributed by atoms with Crippen LogP contribution in [0.3, 0.4) is 0 Å². The van der Waals surface area contributed by atoms with Crippen molar-refractivity contribution in [3.05, 3.63) is 35.0 Å². The molecule has 4 nitrogen and oxygen atoms in total. The van der Waals surface area contributed by atoms with E-state index in [-0.39, 0.29) is 12.2 Å². The Kier molecular flexibility index (Phi) is 2.05. The zero-order chi connectivity index (χ0) is 10.1. The molecule has 0 N–H and O–H groups in total. The third kappa shape index (κ3) is 1.12. The summed E-state index contributed by atoms with van der Waals surface area (Å²) in [6, 6.07) is 5.73. The van der Waals surface area contributed by atoms with E-state index in [4.69, 9.17) is 0 Å². The lowest BCUT2D eigenvalue weighted by atomic mass is 10.1. The summed E-state index contributed by atoms with van der Waals surface area (Å²) in [5.41, 5.74) is 0.777. The Labute approximate surface area is 80.7 Å². The van der Waals surface area contributed by atoms with Gasteiger partial charge in [0.2, 0.25) is 0 Å². The summed E-state index contributed by atoms with van der Waals surface area (Å²) in [6.07, 6.45) is 0.552. The summed E-state index contributed by atoms with van der Waals surface area (Å²) in [5, 5.41) is 12.2. The number of aldehydes is 1. The molecule has 14 heavy (non-hydrogen) atoms. The molecular formula is C10H8NO3-. The summed E-state index contributed by atoms with van der Waals surface area (Å²) in [7, 11) is 0. The molecule has 0 radical (unpaired) electrons. The van der Waals surface area contributed by atoms with Gasteiger partial charge in [-0.15, -0.1) is 0 Å². The van der Waals surface area contributed by atoms with Gasteiger partial charge in [-0.1, -0.05) is 12.1 Å². The van der Waals surface area contributed by atoms with Crippen molar-refractivity contribution >= 4 is 17.8 Å². The number of hydrogen-bond donors (Lipinski definition) is 0. The average Bonchev–Trinajstić information content (AvgIpc) is 2.45. The number of ketones is 1. The quantitative estimate of drug-likeness (QED) is 0.656. The van der Waals surface area contributed by atoms with Gasteiger partial charge < -0.3 is 15.1 Å². The predicted octanol–water partition coefficient (Wildman–Crippen LogP) is 1.14. The molecule has 1 heterocycles. The minimum atomic E-state index is -0.857. The number of Topliss-reactive ketones (excluding diaryl/α,β-unsaturated/α-hetero) is 1. The monoisotopic (exact) mass is 190 g/mol. The predicted molar refractivity (Wildman–Crippen MR) is 51.1 cm³/mol. The molecule has 0 saturated heterocycles. The van der Waals surface area contributed by atoms with E-state index >= 15 is 0 Å². The second kappa shape index (κ2) is 3.23. The lowest BCUT2D eigenvalue weighted by Crippen LogP contribution is -2.30. The van der Waals surface area contributed by atoms with E-state index in [1.807, 2.05) is 0 Å². The van der Waals surface area contributed by atoms with Crippen LogP contribution in [0.2, 0.25) is 0 Å². The Morgan fingerprint density at radius 3 is 2.79 bits per heavy atom. The Hall–Kier alpha value is -1.68. The van der Waals surface area contributed by atoms with E-state index in [0.29, 0.717) is 22.6 Å². The summed E-state index contributed by atoms with van der Waals surface area (Å²) < 4.78 is 0. The average molecular weight is 190 g/mol. The first kappa shape index (κ1) is 8.90. The highest BCUT2D eigenvalue weighted by Gasteiger charge is 2.31. The maximum absolute atomic E-state index is 11.6. The molecule has 0 aliphatic carbocycles. The molecule has 72 valence electrons. The molecule has 0 aromatic heterocycles. The lowest BCUT2D eigenvalue weighted by Gasteiger charge is -2.30. The number of carbonyl (C=O) groups is 2. The number of hydrogen-bond acceptors (Lipinski definition) is 4. The molecule has 1 aliphatic rings. The van der Waals surface area contributed by atoms with Gasteiger partial charge in [-0.2, -0.15) is 0 Å². The van der Waals surface area contributed by atoms with Crippen molar-refractivity contribution in [2.24, 2.45) is 0 Å². The fourth-order valence-corrected chi connectivity index (χ4v) is 1.62. The number of para-hydroxylation sites is 1. The van der Waals surface area contributed by atoms with Crippen LogP contribution in [0.1, 0.15) is 16.8 Å². The molecule has 1 unspecified atom stereocenters. The normalized spacial score (nSPS) is 19.6. The van der Waals surface area contributed by atoms with Crippen LogP contribution < -0.4 is 5.06 Å². The molecule has 0 amide bonds. The van der Waals surface area contributed by atoms with Crippen LogP contribution in [0.15, 0.2) is 24.3 Å². The fraction of sp³-hybridized carbons (Fsp3) is 0.200. The second-order valence-corrected chi connectivity index (χ2v) is 3.13. The van der Waals surface area contributed by atoms with Crippen LogP contribution in [0.4, 0.5) is 5.69 Å². The molecule has 0 spiro atoms. The van der Waals surface area contributed by atoms with E-state index in [1.165, 1.54) is 0 Å². The molecule has 0 bridgehead atoms. The zero-order valence-electron chi connectivity index (χ0n) is 7.34. The first-order chi connectivity index (χ1) is 6.75. The highest BCUT2D eigenvalue weighted by atomic mass is 16.5. The lowest BCUT2D eigenvalue weighted by molar-refractivity contribution is -0.108. The number of anilines is 1. The van der Waals surface area contributed by atoms with Crippen LogP contribution in [0.5, 0.6) is 0 Å². The minimum absolute atomic E-state index is 0.0446. The summed E-state index contributed by atoms with van der Waals surface area (Å²) in [6.45, 7) is 0. The third-order valence-corrected chi connectivity index (χ3v) is 2.31. The molecule has 0 saturated carbocycles. The maximum atomic E-state index is 11.6. The Bertz CT molecular complexity index is 389. The Morgan fingerprint density at radius 2 is 2.14 bits per heavy atom. The molecule has 4 heteroatoms. The number of rotatable bonds is 2. The van der Waals surface area contributed by atoms with Crippen LogP contribution >= 0.6 is 0 Å². The van der Waals surface area contributed by atoms with E-state index in [0.717, 1.165) is 0 Å². The minimum Gasteiger partial charge on any atom is -0.758 e. The summed E-state index contributed by atoms with van der Waals surface area (Å²) in [4.78, 5) is 21.9. The number of nitrogens with zero attached hydrogens (tertiary/aromatic N) is 1. The van der Waals surface area contributed by atoms with Crippen molar-refractivity contribution in [1.29, 1.82) is 0 Å². The molecular weight excluding hydrogens is 182 g/mol. The van der Waals surface area contributed by atoms with E-state index in [2.05, 4.69) is 0 Å². The molecule has 2 rings (SSSR count).